The van der Waals surface area contributed by atoms with Crippen LogP contribution < -0.4 is 20.1 Å². The Hall–Kier alpha value is -3.31. The summed E-state index contributed by atoms with van der Waals surface area (Å²) in [4.78, 5) is 26.9. The summed E-state index contributed by atoms with van der Waals surface area (Å²) in [5.74, 6) is 0.605. The Morgan fingerprint density at radius 3 is 2.71 bits per heavy atom. The number of carbonyl (C=O) groups is 1. The fourth-order valence-corrected chi connectivity index (χ4v) is 3.54. The van der Waals surface area contributed by atoms with Gasteiger partial charge in [-0.2, -0.15) is 0 Å². The third kappa shape index (κ3) is 4.15. The van der Waals surface area contributed by atoms with E-state index in [1.807, 2.05) is 6.07 Å². The van der Waals surface area contributed by atoms with Crippen LogP contribution >= 0.6 is 23.6 Å². The predicted octanol–water partition coefficient (Wildman–Crippen LogP) is 3.35. The molecular formula is C17H14N4O5S2. The SMILES string of the molecule is COc1cc(OC)c2nc(NC(=S)NC(=O)c3cccc([N+](=O)[O-])c3)sc2c1. The van der Waals surface area contributed by atoms with E-state index in [1.54, 1.807) is 13.2 Å². The van der Waals surface area contributed by atoms with Crippen molar-refractivity contribution in [2.75, 3.05) is 19.5 Å². The van der Waals surface area contributed by atoms with Crippen LogP contribution in [0.25, 0.3) is 10.2 Å². The normalized spacial score (nSPS) is 10.4. The third-order valence-electron chi connectivity index (χ3n) is 3.66. The van der Waals surface area contributed by atoms with Crippen molar-refractivity contribution >= 4 is 55.6 Å². The standard InChI is InChI=1S/C17H14N4O5S2/c1-25-11-7-12(26-2)14-13(8-11)28-17(18-14)20-16(27)19-15(22)9-4-3-5-10(6-9)21(23)24/h3-8H,1-2H3,(H2,18,19,20,22,27). The van der Waals surface area contributed by atoms with Gasteiger partial charge >= 0.3 is 0 Å². The van der Waals surface area contributed by atoms with E-state index in [2.05, 4.69) is 15.6 Å². The minimum absolute atomic E-state index is 0.0153. The molecular weight excluding hydrogens is 404 g/mol. The van der Waals surface area contributed by atoms with Gasteiger partial charge in [0.25, 0.3) is 11.6 Å². The molecule has 144 valence electrons. The van der Waals surface area contributed by atoms with Crippen LogP contribution in [0.2, 0.25) is 0 Å². The molecule has 0 spiro atoms. The molecule has 0 aliphatic heterocycles. The molecule has 0 radical (unpaired) electrons. The first-order chi connectivity index (χ1) is 13.4. The van der Waals surface area contributed by atoms with Crippen LogP contribution in [-0.4, -0.2) is 35.1 Å². The second kappa shape index (κ2) is 8.15. The average molecular weight is 418 g/mol. The van der Waals surface area contributed by atoms with Crippen molar-refractivity contribution in [1.29, 1.82) is 0 Å². The first kappa shape index (κ1) is 19.5. The van der Waals surface area contributed by atoms with Crippen LogP contribution in [-0.2, 0) is 0 Å². The summed E-state index contributed by atoms with van der Waals surface area (Å²) in [6.07, 6.45) is 0. The Kier molecular flexibility index (Phi) is 5.66. The molecule has 0 fully saturated rings. The molecule has 9 nitrogen and oxygen atoms in total. The molecule has 1 heterocycles. The smallest absolute Gasteiger partial charge is 0.270 e. The number of methoxy groups -OCH3 is 2. The van der Waals surface area contributed by atoms with Gasteiger partial charge in [0.05, 0.1) is 23.8 Å². The van der Waals surface area contributed by atoms with Crippen molar-refractivity contribution in [2.45, 2.75) is 0 Å². The summed E-state index contributed by atoms with van der Waals surface area (Å²) in [5.41, 5.74) is 0.566. The highest BCUT2D eigenvalue weighted by Crippen LogP contribution is 2.36. The molecule has 0 aliphatic carbocycles. The summed E-state index contributed by atoms with van der Waals surface area (Å²) in [7, 11) is 3.09. The number of hydrogen-bond acceptors (Lipinski definition) is 8. The topological polar surface area (TPSA) is 116 Å². The molecule has 3 rings (SSSR count). The van der Waals surface area contributed by atoms with Gasteiger partial charge in [-0.15, -0.1) is 0 Å². The first-order valence-corrected chi connectivity index (χ1v) is 9.03. The Labute approximate surface area is 168 Å². The Bertz CT molecular complexity index is 1080. The molecule has 0 saturated carbocycles. The number of hydrogen-bond donors (Lipinski definition) is 2. The Morgan fingerprint density at radius 1 is 1.25 bits per heavy atom. The van der Waals surface area contributed by atoms with Gasteiger partial charge in [0.1, 0.15) is 17.0 Å². The average Bonchev–Trinajstić information content (AvgIpc) is 3.09. The highest BCUT2D eigenvalue weighted by atomic mass is 32.1. The number of thiocarbonyl (C=S) groups is 1. The number of nitro groups is 1. The summed E-state index contributed by atoms with van der Waals surface area (Å²) in [6, 6.07) is 8.89. The summed E-state index contributed by atoms with van der Waals surface area (Å²) in [6.45, 7) is 0. The Balaban J connectivity index is 1.75. The lowest BCUT2D eigenvalue weighted by Crippen LogP contribution is -2.34. The van der Waals surface area contributed by atoms with Crippen LogP contribution in [0, 0.1) is 10.1 Å². The fourth-order valence-electron chi connectivity index (χ4n) is 2.37. The Morgan fingerprint density at radius 2 is 2.04 bits per heavy atom. The molecule has 3 aromatic rings. The predicted molar refractivity (Wildman–Crippen MR) is 110 cm³/mol. The molecule has 0 aliphatic rings. The van der Waals surface area contributed by atoms with Crippen molar-refractivity contribution in [3.05, 3.63) is 52.1 Å². The number of thiazole rings is 1. The van der Waals surface area contributed by atoms with Gasteiger partial charge in [-0.05, 0) is 24.4 Å². The number of nitrogens with one attached hydrogen (secondary N) is 2. The highest BCUT2D eigenvalue weighted by Gasteiger charge is 2.15. The van der Waals surface area contributed by atoms with E-state index in [-0.39, 0.29) is 16.4 Å². The number of fused-ring (bicyclic) bond motifs is 1. The van der Waals surface area contributed by atoms with E-state index in [0.29, 0.717) is 22.1 Å². The van der Waals surface area contributed by atoms with Crippen LogP contribution in [0.5, 0.6) is 11.5 Å². The number of aromatic nitrogens is 1. The zero-order valence-electron chi connectivity index (χ0n) is 14.7. The number of rotatable bonds is 5. The van der Waals surface area contributed by atoms with Gasteiger partial charge in [0.2, 0.25) is 0 Å². The second-order valence-electron chi connectivity index (χ2n) is 5.41. The fraction of sp³-hybridized carbons (Fsp3) is 0.118. The number of amides is 1. The number of benzene rings is 2. The lowest BCUT2D eigenvalue weighted by atomic mass is 10.2. The van der Waals surface area contributed by atoms with E-state index in [4.69, 9.17) is 21.7 Å². The van der Waals surface area contributed by atoms with Crippen molar-refractivity contribution in [1.82, 2.24) is 10.3 Å². The number of non-ortho nitro benzene ring substituents is 1. The van der Waals surface area contributed by atoms with Crippen molar-refractivity contribution in [3.8, 4) is 11.5 Å². The minimum Gasteiger partial charge on any atom is -0.497 e. The number of nitro benzene ring substituents is 1. The van der Waals surface area contributed by atoms with E-state index in [1.165, 1.54) is 42.7 Å². The maximum atomic E-state index is 12.3. The van der Waals surface area contributed by atoms with Crippen molar-refractivity contribution in [2.24, 2.45) is 0 Å². The van der Waals surface area contributed by atoms with Gasteiger partial charge in [0, 0.05) is 23.8 Å². The molecule has 28 heavy (non-hydrogen) atoms. The van der Waals surface area contributed by atoms with E-state index < -0.39 is 10.8 Å². The van der Waals surface area contributed by atoms with Gasteiger partial charge in [-0.25, -0.2) is 4.98 Å². The quantitative estimate of drug-likeness (QED) is 0.368. The zero-order chi connectivity index (χ0) is 20.3. The van der Waals surface area contributed by atoms with E-state index in [9.17, 15) is 14.9 Å². The second-order valence-corrected chi connectivity index (χ2v) is 6.85. The van der Waals surface area contributed by atoms with Crippen LogP contribution in [0.15, 0.2) is 36.4 Å². The van der Waals surface area contributed by atoms with Gasteiger partial charge < -0.3 is 14.8 Å². The molecule has 11 heteroatoms. The van der Waals surface area contributed by atoms with Crippen molar-refractivity contribution < 1.29 is 19.2 Å². The molecule has 1 amide bonds. The molecule has 1 aromatic heterocycles. The van der Waals surface area contributed by atoms with E-state index in [0.717, 1.165) is 4.70 Å². The molecule has 0 atom stereocenters. The summed E-state index contributed by atoms with van der Waals surface area (Å²) < 4.78 is 11.4. The first-order valence-electron chi connectivity index (χ1n) is 7.80. The summed E-state index contributed by atoms with van der Waals surface area (Å²) in [5, 5.41) is 16.6. The highest BCUT2D eigenvalue weighted by molar-refractivity contribution is 7.80. The molecule has 2 aromatic carbocycles. The largest absolute Gasteiger partial charge is 0.497 e. The molecule has 0 bridgehead atoms. The lowest BCUT2D eigenvalue weighted by Gasteiger charge is -2.07. The third-order valence-corrected chi connectivity index (χ3v) is 4.78. The van der Waals surface area contributed by atoms with Gasteiger partial charge in [-0.3, -0.25) is 20.2 Å². The van der Waals surface area contributed by atoms with Gasteiger partial charge in [0.15, 0.2) is 10.2 Å². The van der Waals surface area contributed by atoms with E-state index >= 15 is 0 Å². The maximum Gasteiger partial charge on any atom is 0.270 e. The monoisotopic (exact) mass is 418 g/mol. The number of carbonyl (C=O) groups excluding carboxylic acids is 1. The van der Waals surface area contributed by atoms with Crippen LogP contribution in [0.4, 0.5) is 10.8 Å². The molecule has 0 saturated heterocycles. The summed E-state index contributed by atoms with van der Waals surface area (Å²) >= 11 is 6.45. The number of nitrogens with zero attached hydrogens (tertiary/aromatic N) is 2. The van der Waals surface area contributed by atoms with Crippen molar-refractivity contribution in [3.63, 3.8) is 0 Å². The zero-order valence-corrected chi connectivity index (χ0v) is 16.3. The minimum atomic E-state index is -0.573. The lowest BCUT2D eigenvalue weighted by molar-refractivity contribution is -0.384. The number of ether oxygens (including phenoxy) is 2. The van der Waals surface area contributed by atoms with Crippen LogP contribution in [0.1, 0.15) is 10.4 Å². The molecule has 2 N–H and O–H groups in total. The number of anilines is 1. The maximum absolute atomic E-state index is 12.3. The molecule has 0 unspecified atom stereocenters. The van der Waals surface area contributed by atoms with Gasteiger partial charge in [-0.1, -0.05) is 17.4 Å². The van der Waals surface area contributed by atoms with Crippen LogP contribution in [0.3, 0.4) is 0 Å².